The van der Waals surface area contributed by atoms with Gasteiger partial charge >= 0.3 is 0 Å². The molecule has 2 aromatic rings. The van der Waals surface area contributed by atoms with Crippen LogP contribution in [0.2, 0.25) is 5.02 Å². The van der Waals surface area contributed by atoms with Crippen LogP contribution < -0.4 is 10.5 Å². The number of hydrogen-bond donors (Lipinski definition) is 2. The highest BCUT2D eigenvalue weighted by Gasteiger charge is 2.11. The van der Waals surface area contributed by atoms with E-state index in [-0.39, 0.29) is 5.75 Å². The van der Waals surface area contributed by atoms with Crippen LogP contribution in [0.15, 0.2) is 48.5 Å². The van der Waals surface area contributed by atoms with E-state index in [2.05, 4.69) is 4.72 Å². The van der Waals surface area contributed by atoms with Crippen LogP contribution >= 0.6 is 11.6 Å². The van der Waals surface area contributed by atoms with Gasteiger partial charge in [0.2, 0.25) is 10.0 Å². The van der Waals surface area contributed by atoms with Crippen molar-refractivity contribution in [2.24, 2.45) is 5.73 Å². The number of hydrogen-bond acceptors (Lipinski definition) is 3. The summed E-state index contributed by atoms with van der Waals surface area (Å²) in [7, 11) is -3.44. The Morgan fingerprint density at radius 3 is 2.05 bits per heavy atom. The fourth-order valence-electron chi connectivity index (χ4n) is 1.72. The van der Waals surface area contributed by atoms with Crippen molar-refractivity contribution >= 4 is 27.3 Å². The molecule has 0 fully saturated rings. The van der Waals surface area contributed by atoms with E-state index in [1.54, 1.807) is 36.4 Å². The van der Waals surface area contributed by atoms with Crippen molar-refractivity contribution in [3.63, 3.8) is 0 Å². The zero-order chi connectivity index (χ0) is 14.6. The molecule has 4 nitrogen and oxygen atoms in total. The molecule has 0 heterocycles. The maximum atomic E-state index is 12.0. The van der Waals surface area contributed by atoms with Gasteiger partial charge in [-0.15, -0.1) is 0 Å². The first-order valence-corrected chi connectivity index (χ1v) is 8.05. The van der Waals surface area contributed by atoms with Gasteiger partial charge in [-0.2, -0.15) is 0 Å². The van der Waals surface area contributed by atoms with Crippen LogP contribution in [0.4, 0.5) is 5.69 Å². The fraction of sp³-hybridized carbons (Fsp3) is 0.143. The summed E-state index contributed by atoms with van der Waals surface area (Å²) >= 11 is 5.75. The Morgan fingerprint density at radius 1 is 0.950 bits per heavy atom. The molecule has 0 saturated carbocycles. The van der Waals surface area contributed by atoms with Crippen molar-refractivity contribution in [1.82, 2.24) is 0 Å². The number of benzene rings is 2. The van der Waals surface area contributed by atoms with Crippen LogP contribution in [0.25, 0.3) is 0 Å². The maximum Gasteiger partial charge on any atom is 0.236 e. The van der Waals surface area contributed by atoms with E-state index in [1.165, 1.54) is 0 Å². The van der Waals surface area contributed by atoms with E-state index >= 15 is 0 Å². The molecule has 0 spiro atoms. The SMILES string of the molecule is NCc1ccc(CS(=O)(=O)Nc2ccc(Cl)cc2)cc1. The normalized spacial score (nSPS) is 11.3. The lowest BCUT2D eigenvalue weighted by Gasteiger charge is -2.08. The molecule has 2 rings (SSSR count). The Labute approximate surface area is 123 Å². The standard InChI is InChI=1S/C14H15ClN2O2S/c15-13-5-7-14(8-6-13)17-20(18,19)10-12-3-1-11(9-16)2-4-12/h1-8,17H,9-10,16H2. The Kier molecular flexibility index (Phi) is 4.65. The van der Waals surface area contributed by atoms with E-state index < -0.39 is 10.0 Å². The topological polar surface area (TPSA) is 72.2 Å². The number of nitrogens with one attached hydrogen (secondary N) is 1. The molecular weight excluding hydrogens is 296 g/mol. The Morgan fingerprint density at radius 2 is 1.50 bits per heavy atom. The number of anilines is 1. The summed E-state index contributed by atoms with van der Waals surface area (Å²) in [5, 5.41) is 0.560. The zero-order valence-corrected chi connectivity index (χ0v) is 12.3. The molecule has 0 bridgehead atoms. The summed E-state index contributed by atoms with van der Waals surface area (Å²) in [6.07, 6.45) is 0. The first-order valence-electron chi connectivity index (χ1n) is 6.02. The number of nitrogens with two attached hydrogens (primary N) is 1. The number of sulfonamides is 1. The summed E-state index contributed by atoms with van der Waals surface area (Å²) in [5.74, 6) is -0.0829. The van der Waals surface area contributed by atoms with Gasteiger partial charge in [0, 0.05) is 17.3 Å². The van der Waals surface area contributed by atoms with E-state index in [0.29, 0.717) is 22.8 Å². The molecule has 0 aromatic heterocycles. The first-order chi connectivity index (χ1) is 9.48. The largest absolute Gasteiger partial charge is 0.326 e. The number of rotatable bonds is 5. The molecule has 2 aromatic carbocycles. The van der Waals surface area contributed by atoms with Gasteiger partial charge in [-0.3, -0.25) is 4.72 Å². The Bertz CT molecular complexity index is 667. The maximum absolute atomic E-state index is 12.0. The average molecular weight is 311 g/mol. The van der Waals surface area contributed by atoms with E-state index in [4.69, 9.17) is 17.3 Å². The third-order valence-corrected chi connectivity index (χ3v) is 4.24. The molecule has 0 unspecified atom stereocenters. The lowest BCUT2D eigenvalue weighted by atomic mass is 10.1. The van der Waals surface area contributed by atoms with Crippen LogP contribution in [0.3, 0.4) is 0 Å². The van der Waals surface area contributed by atoms with Crippen LogP contribution in [0.1, 0.15) is 11.1 Å². The molecule has 0 radical (unpaired) electrons. The smallest absolute Gasteiger partial charge is 0.236 e. The second-order valence-corrected chi connectivity index (χ2v) is 6.55. The van der Waals surface area contributed by atoms with Crippen LogP contribution in [-0.2, 0) is 22.3 Å². The van der Waals surface area contributed by atoms with E-state index in [1.807, 2.05) is 12.1 Å². The quantitative estimate of drug-likeness (QED) is 0.892. The summed E-state index contributed by atoms with van der Waals surface area (Å²) in [6.45, 7) is 0.441. The molecule has 0 aliphatic rings. The van der Waals surface area contributed by atoms with Crippen molar-refractivity contribution in [3.05, 3.63) is 64.7 Å². The predicted molar refractivity (Wildman–Crippen MR) is 82.0 cm³/mol. The van der Waals surface area contributed by atoms with Gasteiger partial charge in [0.1, 0.15) is 0 Å². The third-order valence-electron chi connectivity index (χ3n) is 2.73. The molecule has 6 heteroatoms. The van der Waals surface area contributed by atoms with Crippen molar-refractivity contribution in [2.45, 2.75) is 12.3 Å². The van der Waals surface area contributed by atoms with Gasteiger partial charge < -0.3 is 5.73 Å². The Hall–Kier alpha value is -1.56. The minimum absolute atomic E-state index is 0.0829. The molecule has 20 heavy (non-hydrogen) atoms. The van der Waals surface area contributed by atoms with Crippen molar-refractivity contribution in [3.8, 4) is 0 Å². The lowest BCUT2D eigenvalue weighted by molar-refractivity contribution is 0.600. The summed E-state index contributed by atoms with van der Waals surface area (Å²) in [5.41, 5.74) is 7.67. The second kappa shape index (κ2) is 6.26. The van der Waals surface area contributed by atoms with Crippen LogP contribution in [0, 0.1) is 0 Å². The molecule has 0 aliphatic heterocycles. The van der Waals surface area contributed by atoms with Gasteiger partial charge in [0.25, 0.3) is 0 Å². The molecule has 3 N–H and O–H groups in total. The second-order valence-electron chi connectivity index (χ2n) is 4.39. The average Bonchev–Trinajstić information content (AvgIpc) is 2.41. The monoisotopic (exact) mass is 310 g/mol. The lowest BCUT2D eigenvalue weighted by Crippen LogP contribution is -2.15. The molecular formula is C14H15ClN2O2S. The minimum atomic E-state index is -3.44. The van der Waals surface area contributed by atoms with Gasteiger partial charge in [0.05, 0.1) is 5.75 Å². The van der Waals surface area contributed by atoms with Gasteiger partial charge in [-0.25, -0.2) is 8.42 Å². The zero-order valence-electron chi connectivity index (χ0n) is 10.7. The Balaban J connectivity index is 2.08. The highest BCUT2D eigenvalue weighted by molar-refractivity contribution is 7.91. The van der Waals surface area contributed by atoms with E-state index in [0.717, 1.165) is 5.56 Å². The summed E-state index contributed by atoms with van der Waals surface area (Å²) in [4.78, 5) is 0. The van der Waals surface area contributed by atoms with Crippen molar-refractivity contribution in [1.29, 1.82) is 0 Å². The molecule has 106 valence electrons. The van der Waals surface area contributed by atoms with Crippen molar-refractivity contribution < 1.29 is 8.42 Å². The molecule has 0 amide bonds. The predicted octanol–water partition coefficient (Wildman–Crippen LogP) is 2.74. The van der Waals surface area contributed by atoms with Crippen LogP contribution in [0.5, 0.6) is 0 Å². The third kappa shape index (κ3) is 4.23. The highest BCUT2D eigenvalue weighted by Crippen LogP contribution is 2.16. The molecule has 0 aliphatic carbocycles. The van der Waals surface area contributed by atoms with E-state index in [9.17, 15) is 8.42 Å². The van der Waals surface area contributed by atoms with Crippen LogP contribution in [-0.4, -0.2) is 8.42 Å². The van der Waals surface area contributed by atoms with Gasteiger partial charge in [0.15, 0.2) is 0 Å². The van der Waals surface area contributed by atoms with Gasteiger partial charge in [-0.1, -0.05) is 35.9 Å². The first kappa shape index (κ1) is 14.8. The number of halogens is 1. The summed E-state index contributed by atoms with van der Waals surface area (Å²) in [6, 6.07) is 13.7. The van der Waals surface area contributed by atoms with Gasteiger partial charge in [-0.05, 0) is 35.4 Å². The molecule has 0 atom stereocenters. The summed E-state index contributed by atoms with van der Waals surface area (Å²) < 4.78 is 26.6. The minimum Gasteiger partial charge on any atom is -0.326 e. The highest BCUT2D eigenvalue weighted by atomic mass is 35.5. The molecule has 0 saturated heterocycles. The van der Waals surface area contributed by atoms with Crippen molar-refractivity contribution in [2.75, 3.05) is 4.72 Å². The fourth-order valence-corrected chi connectivity index (χ4v) is 3.05.